The molecule has 0 radical (unpaired) electrons. The lowest BCUT2D eigenvalue weighted by Gasteiger charge is -2.43. The molecule has 1 spiro atoms. The molecule has 0 saturated carbocycles. The van der Waals surface area contributed by atoms with Crippen LogP contribution in [-0.2, 0) is 4.74 Å². The van der Waals surface area contributed by atoms with Crippen molar-refractivity contribution in [3.8, 4) is 0 Å². The summed E-state index contributed by atoms with van der Waals surface area (Å²) in [5.74, 6) is 0.664. The number of rotatable bonds is 1. The SMILES string of the molecule is CCN1C(N)=NCC12CC(C)(C)OC2(C)C. The second-order valence-electron chi connectivity index (χ2n) is 6.00. The summed E-state index contributed by atoms with van der Waals surface area (Å²) in [7, 11) is 0. The van der Waals surface area contributed by atoms with Crippen molar-refractivity contribution in [3.63, 3.8) is 0 Å². The van der Waals surface area contributed by atoms with E-state index < -0.39 is 0 Å². The van der Waals surface area contributed by atoms with Crippen LogP contribution in [0.3, 0.4) is 0 Å². The van der Waals surface area contributed by atoms with Crippen molar-refractivity contribution in [1.29, 1.82) is 0 Å². The van der Waals surface area contributed by atoms with Crippen molar-refractivity contribution < 1.29 is 4.74 Å². The van der Waals surface area contributed by atoms with E-state index in [-0.39, 0.29) is 16.7 Å². The Balaban J connectivity index is 2.40. The molecule has 2 aliphatic rings. The fourth-order valence-corrected chi connectivity index (χ4v) is 3.47. The van der Waals surface area contributed by atoms with E-state index in [0.29, 0.717) is 5.96 Å². The highest BCUT2D eigenvalue weighted by molar-refractivity contribution is 5.81. The number of ether oxygens (including phenoxy) is 1. The molecule has 0 aromatic heterocycles. The quantitative estimate of drug-likeness (QED) is 0.733. The lowest BCUT2D eigenvalue weighted by atomic mass is 9.78. The first-order chi connectivity index (χ1) is 7.24. The second-order valence-corrected chi connectivity index (χ2v) is 6.00. The van der Waals surface area contributed by atoms with Gasteiger partial charge in [0.25, 0.3) is 0 Å². The Hall–Kier alpha value is -0.770. The molecule has 0 aliphatic carbocycles. The van der Waals surface area contributed by atoms with Gasteiger partial charge in [0.05, 0.1) is 23.3 Å². The predicted octanol–water partition coefficient (Wildman–Crippen LogP) is 1.35. The second kappa shape index (κ2) is 3.13. The maximum atomic E-state index is 6.18. The Labute approximate surface area is 97.9 Å². The van der Waals surface area contributed by atoms with Crippen LogP contribution in [0.2, 0.25) is 0 Å². The van der Waals surface area contributed by atoms with Crippen LogP contribution in [-0.4, -0.2) is 40.7 Å². The third-order valence-corrected chi connectivity index (χ3v) is 3.98. The number of aliphatic imine (C=N–C) groups is 1. The van der Waals surface area contributed by atoms with Crippen molar-refractivity contribution in [2.24, 2.45) is 10.7 Å². The summed E-state index contributed by atoms with van der Waals surface area (Å²) < 4.78 is 6.18. The van der Waals surface area contributed by atoms with Crippen LogP contribution in [0.25, 0.3) is 0 Å². The largest absolute Gasteiger partial charge is 0.370 e. The summed E-state index contributed by atoms with van der Waals surface area (Å²) >= 11 is 0. The molecule has 92 valence electrons. The first-order valence-corrected chi connectivity index (χ1v) is 6.02. The summed E-state index contributed by atoms with van der Waals surface area (Å²) in [6, 6.07) is 0. The van der Waals surface area contributed by atoms with E-state index in [1.54, 1.807) is 0 Å². The molecule has 2 heterocycles. The van der Waals surface area contributed by atoms with Gasteiger partial charge in [0.1, 0.15) is 0 Å². The van der Waals surface area contributed by atoms with Crippen molar-refractivity contribution in [2.75, 3.05) is 13.1 Å². The van der Waals surface area contributed by atoms with E-state index in [1.807, 2.05) is 0 Å². The molecule has 2 aliphatic heterocycles. The Morgan fingerprint density at radius 1 is 1.38 bits per heavy atom. The number of hydrogen-bond donors (Lipinski definition) is 1. The van der Waals surface area contributed by atoms with Gasteiger partial charge in [-0.1, -0.05) is 0 Å². The molecule has 4 nitrogen and oxygen atoms in total. The van der Waals surface area contributed by atoms with Gasteiger partial charge in [-0.2, -0.15) is 0 Å². The van der Waals surface area contributed by atoms with Crippen LogP contribution in [0.4, 0.5) is 0 Å². The lowest BCUT2D eigenvalue weighted by molar-refractivity contribution is -0.0912. The molecule has 0 bridgehead atoms. The third kappa shape index (κ3) is 1.35. The fraction of sp³-hybridized carbons (Fsp3) is 0.917. The Morgan fingerprint density at radius 2 is 2.00 bits per heavy atom. The van der Waals surface area contributed by atoms with E-state index in [4.69, 9.17) is 10.5 Å². The molecule has 2 N–H and O–H groups in total. The van der Waals surface area contributed by atoms with Crippen LogP contribution in [0, 0.1) is 0 Å². The van der Waals surface area contributed by atoms with E-state index in [1.165, 1.54) is 0 Å². The van der Waals surface area contributed by atoms with E-state index >= 15 is 0 Å². The number of hydrogen-bond acceptors (Lipinski definition) is 4. The van der Waals surface area contributed by atoms with Crippen molar-refractivity contribution in [2.45, 2.75) is 57.8 Å². The van der Waals surface area contributed by atoms with Gasteiger partial charge in [-0.3, -0.25) is 4.99 Å². The molecule has 0 amide bonds. The summed E-state index contributed by atoms with van der Waals surface area (Å²) in [6.07, 6.45) is 0.977. The molecule has 0 aromatic carbocycles. The van der Waals surface area contributed by atoms with Gasteiger partial charge in [0, 0.05) is 13.0 Å². The minimum Gasteiger partial charge on any atom is -0.370 e. The van der Waals surface area contributed by atoms with Crippen molar-refractivity contribution in [3.05, 3.63) is 0 Å². The standard InChI is InChI=1S/C12H23N3O/c1-6-15-9(13)14-8-12(15)7-10(2,3)16-11(12,4)5/h6-8H2,1-5H3,(H2,13,14). The molecule has 1 fully saturated rings. The zero-order valence-electron chi connectivity index (χ0n) is 11.0. The van der Waals surface area contributed by atoms with Crippen LogP contribution in [0.5, 0.6) is 0 Å². The van der Waals surface area contributed by atoms with Gasteiger partial charge in [-0.05, 0) is 34.6 Å². The minimum absolute atomic E-state index is 0.0602. The smallest absolute Gasteiger partial charge is 0.191 e. The molecular formula is C12H23N3O. The molecule has 4 heteroatoms. The Morgan fingerprint density at radius 3 is 2.44 bits per heavy atom. The average Bonchev–Trinajstić information content (AvgIpc) is 2.49. The van der Waals surface area contributed by atoms with Gasteiger partial charge in [-0.15, -0.1) is 0 Å². The van der Waals surface area contributed by atoms with Gasteiger partial charge in [0.2, 0.25) is 0 Å². The number of guanidine groups is 1. The molecule has 2 rings (SSSR count). The van der Waals surface area contributed by atoms with Crippen LogP contribution in [0.15, 0.2) is 4.99 Å². The minimum atomic E-state index is -0.211. The summed E-state index contributed by atoms with van der Waals surface area (Å²) in [5.41, 5.74) is 5.60. The van der Waals surface area contributed by atoms with Crippen molar-refractivity contribution in [1.82, 2.24) is 4.90 Å². The summed E-state index contributed by atoms with van der Waals surface area (Å²) in [5, 5.41) is 0. The molecule has 0 aromatic rings. The number of nitrogens with zero attached hydrogens (tertiary/aromatic N) is 2. The fourth-order valence-electron chi connectivity index (χ4n) is 3.47. The summed E-state index contributed by atoms with van der Waals surface area (Å²) in [4.78, 5) is 6.64. The maximum absolute atomic E-state index is 6.18. The van der Waals surface area contributed by atoms with Gasteiger partial charge < -0.3 is 15.4 Å². The first kappa shape index (κ1) is 11.7. The van der Waals surface area contributed by atoms with Crippen LogP contribution >= 0.6 is 0 Å². The topological polar surface area (TPSA) is 50.8 Å². The highest BCUT2D eigenvalue weighted by Crippen LogP contribution is 2.50. The zero-order valence-corrected chi connectivity index (χ0v) is 11.0. The Bertz CT molecular complexity index is 335. The predicted molar refractivity (Wildman–Crippen MR) is 65.5 cm³/mol. The van der Waals surface area contributed by atoms with E-state index in [9.17, 15) is 0 Å². The highest BCUT2D eigenvalue weighted by Gasteiger charge is 2.62. The monoisotopic (exact) mass is 225 g/mol. The van der Waals surface area contributed by atoms with Gasteiger partial charge in [-0.25, -0.2) is 0 Å². The molecule has 1 atom stereocenters. The number of nitrogens with two attached hydrogens (primary N) is 1. The zero-order chi connectivity index (χ0) is 12.2. The van der Waals surface area contributed by atoms with E-state index in [2.05, 4.69) is 44.5 Å². The van der Waals surface area contributed by atoms with Gasteiger partial charge in [0.15, 0.2) is 5.96 Å². The highest BCUT2D eigenvalue weighted by atomic mass is 16.5. The Kier molecular flexibility index (Phi) is 2.29. The third-order valence-electron chi connectivity index (χ3n) is 3.98. The van der Waals surface area contributed by atoms with Gasteiger partial charge >= 0.3 is 0 Å². The molecule has 16 heavy (non-hydrogen) atoms. The van der Waals surface area contributed by atoms with Crippen LogP contribution in [0.1, 0.15) is 41.0 Å². The molecular weight excluding hydrogens is 202 g/mol. The normalized spacial score (nSPS) is 35.8. The van der Waals surface area contributed by atoms with Crippen LogP contribution < -0.4 is 5.73 Å². The maximum Gasteiger partial charge on any atom is 0.191 e. The summed E-state index contributed by atoms with van der Waals surface area (Å²) in [6.45, 7) is 12.4. The van der Waals surface area contributed by atoms with Crippen molar-refractivity contribution >= 4 is 5.96 Å². The molecule has 1 unspecified atom stereocenters. The average molecular weight is 225 g/mol. The lowest BCUT2D eigenvalue weighted by Crippen LogP contribution is -2.60. The van der Waals surface area contributed by atoms with E-state index in [0.717, 1.165) is 19.5 Å². The first-order valence-electron chi connectivity index (χ1n) is 6.02. The molecule has 1 saturated heterocycles. The number of likely N-dealkylation sites (N-methyl/N-ethyl adjacent to an activating group) is 1.